The molecule has 0 saturated carbocycles. The third kappa shape index (κ3) is 5.19. The van der Waals surface area contributed by atoms with Crippen molar-refractivity contribution in [3.63, 3.8) is 0 Å². The number of para-hydroxylation sites is 2. The molecule has 0 unspecified atom stereocenters. The highest BCUT2D eigenvalue weighted by Gasteiger charge is 2.23. The standard InChI is InChI=1S/C45H33B5N4O/c46-37-36(38(47)40(49)41(50)39(37)48)45-52-43(25-13-5-2-6-14-25)51-44(53-45)29-17-10-20-34-35(29)28-16-9-19-33(42(28)55-34)54-31-18-8-7-15-27(31)30-23-26(21-22-32(30)54)24-11-3-1-4-12-24/h1-23H,46-50H2. The molecule has 0 fully saturated rings. The Morgan fingerprint density at radius 3 is 1.80 bits per heavy atom. The summed E-state index contributed by atoms with van der Waals surface area (Å²) >= 11 is 0. The highest BCUT2D eigenvalue weighted by Crippen LogP contribution is 2.41. The fourth-order valence-electron chi connectivity index (χ4n) is 8.40. The van der Waals surface area contributed by atoms with E-state index in [0.717, 1.165) is 55.3 Å². The smallest absolute Gasteiger partial charge is 0.164 e. The molecule has 10 rings (SSSR count). The predicted molar refractivity (Wildman–Crippen MR) is 244 cm³/mol. The van der Waals surface area contributed by atoms with Crippen LogP contribution in [0.15, 0.2) is 144 Å². The minimum atomic E-state index is 0.613. The summed E-state index contributed by atoms with van der Waals surface area (Å²) in [6.07, 6.45) is 0. The average molecular weight is 700 g/mol. The van der Waals surface area contributed by atoms with Gasteiger partial charge in [-0.05, 0) is 41.5 Å². The number of benzene rings is 7. The van der Waals surface area contributed by atoms with Crippen LogP contribution in [-0.4, -0.2) is 58.8 Å². The highest BCUT2D eigenvalue weighted by molar-refractivity contribution is 6.68. The number of fused-ring (bicyclic) bond motifs is 6. The van der Waals surface area contributed by atoms with Gasteiger partial charge in [-0.25, -0.2) is 15.0 Å². The minimum Gasteiger partial charge on any atom is -0.454 e. The van der Waals surface area contributed by atoms with Crippen molar-refractivity contribution in [3.05, 3.63) is 140 Å². The maximum Gasteiger partial charge on any atom is 0.164 e. The number of furan rings is 1. The first-order chi connectivity index (χ1) is 26.9. The van der Waals surface area contributed by atoms with Crippen molar-refractivity contribution in [2.45, 2.75) is 0 Å². The van der Waals surface area contributed by atoms with Crippen LogP contribution < -0.4 is 27.3 Å². The first kappa shape index (κ1) is 33.1. The van der Waals surface area contributed by atoms with Crippen molar-refractivity contribution < 1.29 is 4.42 Å². The van der Waals surface area contributed by atoms with Gasteiger partial charge in [-0.15, -0.1) is 16.4 Å². The maximum atomic E-state index is 6.88. The van der Waals surface area contributed by atoms with E-state index in [0.29, 0.717) is 17.5 Å². The lowest BCUT2D eigenvalue weighted by molar-refractivity contribution is 0.666. The van der Waals surface area contributed by atoms with Crippen LogP contribution >= 0.6 is 0 Å². The highest BCUT2D eigenvalue weighted by atomic mass is 16.3. The van der Waals surface area contributed by atoms with Crippen LogP contribution in [0.25, 0.3) is 94.7 Å². The summed E-state index contributed by atoms with van der Waals surface area (Å²) < 4.78 is 9.22. The molecule has 0 spiro atoms. The number of rotatable bonds is 5. The molecule has 3 aromatic heterocycles. The van der Waals surface area contributed by atoms with Crippen molar-refractivity contribution in [1.29, 1.82) is 0 Å². The van der Waals surface area contributed by atoms with E-state index in [-0.39, 0.29) is 0 Å². The molecule has 0 atom stereocenters. The van der Waals surface area contributed by atoms with Gasteiger partial charge in [-0.2, -0.15) is 0 Å². The van der Waals surface area contributed by atoms with Gasteiger partial charge < -0.3 is 8.98 Å². The Morgan fingerprint density at radius 1 is 0.436 bits per heavy atom. The molecule has 0 bridgehead atoms. The topological polar surface area (TPSA) is 56.7 Å². The van der Waals surface area contributed by atoms with Crippen LogP contribution in [0.4, 0.5) is 0 Å². The summed E-state index contributed by atoms with van der Waals surface area (Å²) in [7, 11) is 10.9. The van der Waals surface area contributed by atoms with Crippen molar-refractivity contribution >= 4 is 110 Å². The first-order valence-corrected chi connectivity index (χ1v) is 18.8. The van der Waals surface area contributed by atoms with E-state index in [1.54, 1.807) is 0 Å². The molecule has 0 saturated heterocycles. The van der Waals surface area contributed by atoms with Crippen molar-refractivity contribution in [2.75, 3.05) is 0 Å². The summed E-state index contributed by atoms with van der Waals surface area (Å²) in [6.45, 7) is 0. The molecule has 10 aromatic rings. The summed E-state index contributed by atoms with van der Waals surface area (Å²) in [4.78, 5) is 15.6. The molecule has 0 aliphatic rings. The third-order valence-electron chi connectivity index (χ3n) is 11.7. The van der Waals surface area contributed by atoms with Crippen LogP contribution in [0.3, 0.4) is 0 Å². The van der Waals surface area contributed by atoms with Crippen molar-refractivity contribution in [1.82, 2.24) is 19.5 Å². The van der Waals surface area contributed by atoms with E-state index in [9.17, 15) is 0 Å². The minimum absolute atomic E-state index is 0.613. The monoisotopic (exact) mass is 700 g/mol. The Kier molecular flexibility index (Phi) is 7.70. The predicted octanol–water partition coefficient (Wildman–Crippen LogP) is 2.83. The second-order valence-corrected chi connectivity index (χ2v) is 14.6. The van der Waals surface area contributed by atoms with Crippen molar-refractivity contribution in [2.24, 2.45) is 0 Å². The number of nitrogens with zero attached hydrogens (tertiary/aromatic N) is 4. The zero-order chi connectivity index (χ0) is 37.4. The number of hydrogen-bond donors (Lipinski definition) is 0. The summed E-state index contributed by atoms with van der Waals surface area (Å²) in [5, 5.41) is 4.38. The van der Waals surface area contributed by atoms with E-state index in [2.05, 4.69) is 153 Å². The lowest BCUT2D eigenvalue weighted by Crippen LogP contribution is -2.55. The molecule has 0 N–H and O–H groups in total. The zero-order valence-electron chi connectivity index (χ0n) is 31.5. The molecular formula is C45H33B5N4O. The molecule has 0 amide bonds. The lowest BCUT2D eigenvalue weighted by Gasteiger charge is -2.20. The second kappa shape index (κ2) is 12.8. The first-order valence-electron chi connectivity index (χ1n) is 18.8. The Labute approximate surface area is 323 Å². The molecule has 3 heterocycles. The Balaban J connectivity index is 1.22. The van der Waals surface area contributed by atoms with E-state index < -0.39 is 0 Å². The molecule has 7 aromatic carbocycles. The van der Waals surface area contributed by atoms with E-state index in [1.807, 2.05) is 30.3 Å². The van der Waals surface area contributed by atoms with Crippen LogP contribution in [0.2, 0.25) is 0 Å². The molecular weight excluding hydrogens is 667 g/mol. The summed E-state index contributed by atoms with van der Waals surface area (Å²) in [5.41, 5.74) is 16.3. The van der Waals surface area contributed by atoms with Gasteiger partial charge in [0.2, 0.25) is 0 Å². The zero-order valence-corrected chi connectivity index (χ0v) is 31.5. The van der Waals surface area contributed by atoms with Gasteiger partial charge in [0.15, 0.2) is 23.1 Å². The van der Waals surface area contributed by atoms with Crippen LogP contribution in [0.1, 0.15) is 0 Å². The fourth-order valence-corrected chi connectivity index (χ4v) is 8.40. The molecule has 5 nitrogen and oxygen atoms in total. The van der Waals surface area contributed by atoms with Crippen LogP contribution in [0.5, 0.6) is 0 Å². The lowest BCUT2D eigenvalue weighted by atomic mass is 9.60. The molecule has 0 radical (unpaired) electrons. The van der Waals surface area contributed by atoms with Gasteiger partial charge in [0, 0.05) is 38.2 Å². The van der Waals surface area contributed by atoms with Crippen LogP contribution in [0, 0.1) is 0 Å². The van der Waals surface area contributed by atoms with Gasteiger partial charge >= 0.3 is 0 Å². The average Bonchev–Trinajstić information content (AvgIpc) is 3.79. The van der Waals surface area contributed by atoms with Crippen LogP contribution in [-0.2, 0) is 0 Å². The molecule has 254 valence electrons. The Hall–Kier alpha value is -6.53. The molecule has 0 aliphatic heterocycles. The number of hydrogen-bond acceptors (Lipinski definition) is 4. The SMILES string of the molecule is Bc1c(B)c(B)c(-c2nc(-c3ccccc3)nc(-c3cccc4oc5c(-n6c7ccccc7c7cc(-c8ccccc8)ccc76)cccc5c34)n2)c(B)c1B. The van der Waals surface area contributed by atoms with Gasteiger partial charge in [0.25, 0.3) is 0 Å². The van der Waals surface area contributed by atoms with Gasteiger partial charge in [-0.1, -0.05) is 120 Å². The summed E-state index contributed by atoms with van der Waals surface area (Å²) in [5.74, 6) is 1.93. The van der Waals surface area contributed by atoms with Crippen molar-refractivity contribution in [3.8, 4) is 51.0 Å². The maximum absolute atomic E-state index is 6.88. The molecule has 10 heteroatoms. The van der Waals surface area contributed by atoms with E-state index >= 15 is 0 Å². The number of aromatic nitrogens is 4. The van der Waals surface area contributed by atoms with Gasteiger partial charge in [0.1, 0.15) is 44.8 Å². The Morgan fingerprint density at radius 2 is 1.04 bits per heavy atom. The second-order valence-electron chi connectivity index (χ2n) is 14.6. The molecule has 0 aliphatic carbocycles. The largest absolute Gasteiger partial charge is 0.454 e. The van der Waals surface area contributed by atoms with Gasteiger partial charge in [-0.3, -0.25) is 0 Å². The normalized spacial score (nSPS) is 11.6. The van der Waals surface area contributed by atoms with Gasteiger partial charge in [0.05, 0.1) is 16.7 Å². The fraction of sp³-hybridized carbons (Fsp3) is 0. The summed E-state index contributed by atoms with van der Waals surface area (Å²) in [6, 6.07) is 48.8. The van der Waals surface area contributed by atoms with E-state index in [1.165, 1.54) is 49.2 Å². The Bertz CT molecular complexity index is 3130. The third-order valence-corrected chi connectivity index (χ3v) is 11.7. The molecule has 55 heavy (non-hydrogen) atoms. The quantitative estimate of drug-likeness (QED) is 0.260. The van der Waals surface area contributed by atoms with E-state index in [4.69, 9.17) is 19.4 Å².